The van der Waals surface area contributed by atoms with E-state index < -0.39 is 0 Å². The highest BCUT2D eigenvalue weighted by atomic mass is 19.1. The lowest BCUT2D eigenvalue weighted by Gasteiger charge is -2.22. The summed E-state index contributed by atoms with van der Waals surface area (Å²) in [6, 6.07) is 2.99. The van der Waals surface area contributed by atoms with Gasteiger partial charge in [-0.25, -0.2) is 4.39 Å². The predicted octanol–water partition coefficient (Wildman–Crippen LogP) is 2.85. The number of hydrogen-bond acceptors (Lipinski definition) is 4. The van der Waals surface area contributed by atoms with Crippen LogP contribution in [-0.4, -0.2) is 45.6 Å². The highest BCUT2D eigenvalue weighted by Gasteiger charge is 2.17. The topological polar surface area (TPSA) is 64.1 Å². The lowest BCUT2D eigenvalue weighted by molar-refractivity contribution is -0.0172. The normalized spacial score (nSPS) is 15.3. The van der Waals surface area contributed by atoms with E-state index in [1.807, 2.05) is 6.92 Å². The Hall–Kier alpha value is -1.86. The molecule has 0 fully saturated rings. The molecule has 0 saturated carbocycles. The van der Waals surface area contributed by atoms with E-state index in [0.29, 0.717) is 25.5 Å². The van der Waals surface area contributed by atoms with E-state index in [0.717, 1.165) is 42.4 Å². The first-order valence-corrected chi connectivity index (χ1v) is 9.63. The summed E-state index contributed by atoms with van der Waals surface area (Å²) in [7, 11) is 1.74. The maximum Gasteiger partial charge on any atom is 0.190 e. The van der Waals surface area contributed by atoms with Gasteiger partial charge in [0.1, 0.15) is 11.6 Å². The van der Waals surface area contributed by atoms with Gasteiger partial charge in [0.05, 0.1) is 12.7 Å². The molecule has 7 heteroatoms. The van der Waals surface area contributed by atoms with Crippen molar-refractivity contribution >= 4 is 5.96 Å². The number of fused-ring (bicyclic) bond motifs is 1. The third kappa shape index (κ3) is 6.66. The highest BCUT2D eigenvalue weighted by molar-refractivity contribution is 5.79. The minimum Gasteiger partial charge on any atom is -0.467 e. The summed E-state index contributed by atoms with van der Waals surface area (Å²) in [5.41, 5.74) is 1.60. The molecule has 1 atom stereocenters. The fourth-order valence-electron chi connectivity index (χ4n) is 3.13. The zero-order valence-corrected chi connectivity index (χ0v) is 16.8. The number of benzene rings is 1. The Kier molecular flexibility index (Phi) is 8.81. The Labute approximate surface area is 161 Å². The van der Waals surface area contributed by atoms with Crippen LogP contribution in [0.1, 0.15) is 38.3 Å². The number of rotatable bonds is 9. The summed E-state index contributed by atoms with van der Waals surface area (Å²) in [5, 5.41) is 6.57. The molecule has 0 radical (unpaired) electrons. The van der Waals surface area contributed by atoms with Crippen LogP contribution in [0.5, 0.6) is 5.75 Å². The highest BCUT2D eigenvalue weighted by Crippen LogP contribution is 2.29. The van der Waals surface area contributed by atoms with Crippen molar-refractivity contribution in [1.82, 2.24) is 10.6 Å². The van der Waals surface area contributed by atoms with Gasteiger partial charge in [-0.3, -0.25) is 4.99 Å². The molecule has 1 aliphatic heterocycles. The van der Waals surface area contributed by atoms with Crippen LogP contribution in [0, 0.1) is 11.7 Å². The number of nitrogens with zero attached hydrogens (tertiary/aromatic N) is 1. The minimum atomic E-state index is -0.268. The lowest BCUT2D eigenvalue weighted by Crippen LogP contribution is -2.40. The van der Waals surface area contributed by atoms with Crippen molar-refractivity contribution in [3.63, 3.8) is 0 Å². The Morgan fingerprint density at radius 1 is 1.30 bits per heavy atom. The van der Waals surface area contributed by atoms with Crippen LogP contribution in [-0.2, 0) is 22.5 Å². The van der Waals surface area contributed by atoms with Crippen LogP contribution in [0.25, 0.3) is 0 Å². The zero-order chi connectivity index (χ0) is 19.6. The monoisotopic (exact) mass is 381 g/mol. The Morgan fingerprint density at radius 2 is 2.07 bits per heavy atom. The molecule has 0 spiro atoms. The molecule has 1 aliphatic rings. The van der Waals surface area contributed by atoms with E-state index in [2.05, 4.69) is 29.5 Å². The molecule has 0 bridgehead atoms. The van der Waals surface area contributed by atoms with E-state index in [1.54, 1.807) is 7.05 Å². The van der Waals surface area contributed by atoms with Gasteiger partial charge in [-0.1, -0.05) is 13.8 Å². The zero-order valence-electron chi connectivity index (χ0n) is 16.8. The third-order valence-corrected chi connectivity index (χ3v) is 4.51. The van der Waals surface area contributed by atoms with Crippen LogP contribution in [0.4, 0.5) is 4.39 Å². The molecule has 2 rings (SSSR count). The van der Waals surface area contributed by atoms with Gasteiger partial charge in [-0.05, 0) is 43.4 Å². The molecule has 0 aromatic heterocycles. The number of hydrogen-bond donors (Lipinski definition) is 2. The molecule has 152 valence electrons. The van der Waals surface area contributed by atoms with Crippen molar-refractivity contribution < 1.29 is 18.6 Å². The predicted molar refractivity (Wildman–Crippen MR) is 105 cm³/mol. The van der Waals surface area contributed by atoms with Crippen molar-refractivity contribution in [2.24, 2.45) is 10.9 Å². The quantitative estimate of drug-likeness (QED) is 0.509. The van der Waals surface area contributed by atoms with E-state index >= 15 is 0 Å². The Bertz CT molecular complexity index is 623. The van der Waals surface area contributed by atoms with Gasteiger partial charge in [0.25, 0.3) is 0 Å². The summed E-state index contributed by atoms with van der Waals surface area (Å²) >= 11 is 0. The van der Waals surface area contributed by atoms with Crippen molar-refractivity contribution in [2.45, 2.75) is 46.3 Å². The first-order chi connectivity index (χ1) is 13.0. The number of nitrogens with one attached hydrogen (secondary N) is 2. The second-order valence-electron chi connectivity index (χ2n) is 6.87. The number of aliphatic imine (C=N–C) groups is 1. The van der Waals surface area contributed by atoms with Crippen molar-refractivity contribution in [2.75, 3.05) is 33.5 Å². The molecule has 27 heavy (non-hydrogen) atoms. The van der Waals surface area contributed by atoms with Crippen LogP contribution >= 0.6 is 0 Å². The molecular weight excluding hydrogens is 349 g/mol. The summed E-state index contributed by atoms with van der Waals surface area (Å²) in [4.78, 5) is 4.24. The van der Waals surface area contributed by atoms with E-state index in [1.165, 1.54) is 12.1 Å². The lowest BCUT2D eigenvalue weighted by atomic mass is 10.0. The average molecular weight is 381 g/mol. The van der Waals surface area contributed by atoms with E-state index in [4.69, 9.17) is 14.2 Å². The second kappa shape index (κ2) is 11.1. The first-order valence-electron chi connectivity index (χ1n) is 9.63. The summed E-state index contributed by atoms with van der Waals surface area (Å²) < 4.78 is 30.3. The second-order valence-corrected chi connectivity index (χ2v) is 6.87. The molecule has 0 amide bonds. The van der Waals surface area contributed by atoms with E-state index in [-0.39, 0.29) is 18.7 Å². The van der Waals surface area contributed by atoms with Crippen LogP contribution in [0.2, 0.25) is 0 Å². The number of guanidine groups is 1. The van der Waals surface area contributed by atoms with Gasteiger partial charge >= 0.3 is 0 Å². The fraction of sp³-hybridized carbons (Fsp3) is 0.650. The molecule has 0 aliphatic carbocycles. The van der Waals surface area contributed by atoms with Crippen LogP contribution in [0.15, 0.2) is 17.1 Å². The van der Waals surface area contributed by atoms with Crippen LogP contribution < -0.4 is 15.4 Å². The molecule has 1 unspecified atom stereocenters. The molecule has 2 N–H and O–H groups in total. The van der Waals surface area contributed by atoms with Gasteiger partial charge in [0.2, 0.25) is 0 Å². The molecule has 6 nitrogen and oxygen atoms in total. The van der Waals surface area contributed by atoms with Crippen molar-refractivity contribution in [3.8, 4) is 5.75 Å². The minimum absolute atomic E-state index is 0.207. The van der Waals surface area contributed by atoms with Crippen molar-refractivity contribution in [1.29, 1.82) is 0 Å². The molecule has 0 saturated heterocycles. The van der Waals surface area contributed by atoms with Gasteiger partial charge in [0.15, 0.2) is 12.8 Å². The first kappa shape index (κ1) is 21.4. The molecular formula is C20H32FN3O3. The van der Waals surface area contributed by atoms with Gasteiger partial charge < -0.3 is 24.8 Å². The summed E-state index contributed by atoms with van der Waals surface area (Å²) in [6.07, 6.45) is 1.78. The largest absolute Gasteiger partial charge is 0.467 e. The Balaban J connectivity index is 1.81. The third-order valence-electron chi connectivity index (χ3n) is 4.51. The molecule has 1 heterocycles. The summed E-state index contributed by atoms with van der Waals surface area (Å²) in [6.45, 7) is 9.06. The van der Waals surface area contributed by atoms with Gasteiger partial charge in [-0.15, -0.1) is 0 Å². The number of ether oxygens (including phenoxy) is 3. The maximum absolute atomic E-state index is 13.8. The summed E-state index contributed by atoms with van der Waals surface area (Å²) in [5.74, 6) is 1.67. The van der Waals surface area contributed by atoms with Crippen LogP contribution in [0.3, 0.4) is 0 Å². The Morgan fingerprint density at radius 3 is 2.78 bits per heavy atom. The fourth-order valence-corrected chi connectivity index (χ4v) is 3.13. The maximum atomic E-state index is 13.8. The van der Waals surface area contributed by atoms with Gasteiger partial charge in [0, 0.05) is 32.3 Å². The molecule has 1 aromatic rings. The number of halogens is 1. The van der Waals surface area contributed by atoms with E-state index in [9.17, 15) is 4.39 Å². The SMILES string of the molecule is CCOC(CCNC(=NC)NCCc1cc(F)cc2c1OCOC2)C(C)C. The molecule has 1 aromatic carbocycles. The standard InChI is InChI=1S/C20H32FN3O3/c1-5-26-18(14(2)3)7-9-24-20(22-4)23-8-6-15-10-17(21)11-16-12-25-13-27-19(15)16/h10-11,14,18H,5-9,12-13H2,1-4H3,(H2,22,23,24). The van der Waals surface area contributed by atoms with Gasteiger partial charge in [-0.2, -0.15) is 0 Å². The smallest absolute Gasteiger partial charge is 0.190 e. The van der Waals surface area contributed by atoms with Crippen molar-refractivity contribution in [3.05, 3.63) is 29.1 Å². The average Bonchev–Trinajstić information content (AvgIpc) is 2.65.